The first-order chi connectivity index (χ1) is 7.72. The van der Waals surface area contributed by atoms with E-state index in [1.165, 1.54) is 18.4 Å². The van der Waals surface area contributed by atoms with Crippen LogP contribution in [0, 0.1) is 6.92 Å². The molecule has 1 heterocycles. The van der Waals surface area contributed by atoms with Crippen LogP contribution in [0.4, 0.5) is 0 Å². The second kappa shape index (κ2) is 4.45. The molecule has 0 atom stereocenters. The minimum absolute atomic E-state index is 0.379. The number of carbonyl (C=O) groups is 1. The van der Waals surface area contributed by atoms with Crippen molar-refractivity contribution >= 4 is 17.3 Å². The third-order valence-corrected chi connectivity index (χ3v) is 3.22. The van der Waals surface area contributed by atoms with Gasteiger partial charge < -0.3 is 4.74 Å². The zero-order chi connectivity index (χ0) is 11.5. The number of hydrogen-bond donors (Lipinski definition) is 0. The van der Waals surface area contributed by atoms with Gasteiger partial charge in [-0.25, -0.2) is 9.78 Å². The average Bonchev–Trinajstić information content (AvgIpc) is 2.71. The molecule has 4 heteroatoms. The highest BCUT2D eigenvalue weighted by Crippen LogP contribution is 2.27. The highest BCUT2D eigenvalue weighted by Gasteiger charge is 2.16. The van der Waals surface area contributed by atoms with Crippen molar-refractivity contribution in [3.05, 3.63) is 40.9 Å². The zero-order valence-electron chi connectivity index (χ0n) is 9.06. The van der Waals surface area contributed by atoms with Crippen molar-refractivity contribution in [2.45, 2.75) is 6.92 Å². The number of carbonyl (C=O) groups excluding carboxylic acids is 1. The molecule has 0 radical (unpaired) electrons. The predicted molar refractivity (Wildman–Crippen MR) is 63.6 cm³/mol. The standard InChI is InChI=1S/C12H11NO2S/c1-8-10(12(14)15-2)13-11(16-8)9-6-4-3-5-7-9/h3-7H,1-2H3. The van der Waals surface area contributed by atoms with E-state index < -0.39 is 0 Å². The maximum absolute atomic E-state index is 11.4. The smallest absolute Gasteiger partial charge is 0.357 e. The fourth-order valence-corrected chi connectivity index (χ4v) is 2.29. The second-order valence-corrected chi connectivity index (χ2v) is 4.48. The molecule has 0 N–H and O–H groups in total. The average molecular weight is 233 g/mol. The molecule has 2 rings (SSSR count). The van der Waals surface area contributed by atoms with Gasteiger partial charge in [-0.2, -0.15) is 0 Å². The van der Waals surface area contributed by atoms with E-state index in [9.17, 15) is 4.79 Å². The van der Waals surface area contributed by atoms with E-state index >= 15 is 0 Å². The summed E-state index contributed by atoms with van der Waals surface area (Å²) in [5.74, 6) is -0.379. The zero-order valence-corrected chi connectivity index (χ0v) is 9.88. The number of thiazole rings is 1. The van der Waals surface area contributed by atoms with Gasteiger partial charge in [-0.3, -0.25) is 0 Å². The lowest BCUT2D eigenvalue weighted by Gasteiger charge is -1.94. The van der Waals surface area contributed by atoms with Gasteiger partial charge in [0.15, 0.2) is 5.69 Å². The molecule has 0 aliphatic heterocycles. The van der Waals surface area contributed by atoms with E-state index in [2.05, 4.69) is 9.72 Å². The first-order valence-electron chi connectivity index (χ1n) is 4.83. The predicted octanol–water partition coefficient (Wildman–Crippen LogP) is 2.91. The molecular formula is C12H11NO2S. The lowest BCUT2D eigenvalue weighted by Crippen LogP contribution is -2.03. The lowest BCUT2D eigenvalue weighted by atomic mass is 10.2. The SMILES string of the molecule is COC(=O)c1nc(-c2ccccc2)sc1C. The molecule has 0 unspecified atom stereocenters. The van der Waals surface area contributed by atoms with E-state index in [1.807, 2.05) is 37.3 Å². The van der Waals surface area contributed by atoms with Crippen molar-refractivity contribution in [2.24, 2.45) is 0 Å². The number of hydrogen-bond acceptors (Lipinski definition) is 4. The van der Waals surface area contributed by atoms with Gasteiger partial charge in [0, 0.05) is 10.4 Å². The van der Waals surface area contributed by atoms with Crippen LogP contribution in [0.5, 0.6) is 0 Å². The number of nitrogens with zero attached hydrogens (tertiary/aromatic N) is 1. The Labute approximate surface area is 97.7 Å². The molecule has 0 saturated heterocycles. The highest BCUT2D eigenvalue weighted by molar-refractivity contribution is 7.15. The van der Waals surface area contributed by atoms with E-state index in [0.717, 1.165) is 15.4 Å². The Balaban J connectivity index is 2.42. The number of ether oxygens (including phenoxy) is 1. The van der Waals surface area contributed by atoms with Gasteiger partial charge in [-0.15, -0.1) is 11.3 Å². The molecule has 1 aromatic carbocycles. The van der Waals surface area contributed by atoms with Crippen molar-refractivity contribution in [1.29, 1.82) is 0 Å². The molecule has 82 valence electrons. The summed E-state index contributed by atoms with van der Waals surface area (Å²) in [5, 5.41) is 0.846. The quantitative estimate of drug-likeness (QED) is 0.749. The lowest BCUT2D eigenvalue weighted by molar-refractivity contribution is 0.0594. The molecule has 0 amide bonds. The maximum Gasteiger partial charge on any atom is 0.357 e. The van der Waals surface area contributed by atoms with Crippen LogP contribution in [-0.2, 0) is 4.74 Å². The van der Waals surface area contributed by atoms with E-state index in [0.29, 0.717) is 5.69 Å². The molecule has 0 fully saturated rings. The normalized spacial score (nSPS) is 10.1. The largest absolute Gasteiger partial charge is 0.464 e. The molecular weight excluding hydrogens is 222 g/mol. The number of benzene rings is 1. The summed E-state index contributed by atoms with van der Waals surface area (Å²) in [4.78, 5) is 16.6. The maximum atomic E-state index is 11.4. The van der Waals surface area contributed by atoms with Gasteiger partial charge in [-0.05, 0) is 6.92 Å². The van der Waals surface area contributed by atoms with Crippen molar-refractivity contribution in [1.82, 2.24) is 4.98 Å². The van der Waals surface area contributed by atoms with E-state index in [-0.39, 0.29) is 5.97 Å². The Morgan fingerprint density at radius 3 is 2.62 bits per heavy atom. The molecule has 2 aromatic rings. The minimum atomic E-state index is -0.379. The van der Waals surface area contributed by atoms with Gasteiger partial charge in [0.25, 0.3) is 0 Å². The summed E-state index contributed by atoms with van der Waals surface area (Å²) in [6, 6.07) is 9.79. The third-order valence-electron chi connectivity index (χ3n) is 2.20. The van der Waals surface area contributed by atoms with Crippen LogP contribution in [0.15, 0.2) is 30.3 Å². The molecule has 0 spiro atoms. The fraction of sp³-hybridized carbons (Fsp3) is 0.167. The summed E-state index contributed by atoms with van der Waals surface area (Å²) in [6.07, 6.45) is 0. The van der Waals surface area contributed by atoms with Gasteiger partial charge in [0.2, 0.25) is 0 Å². The number of esters is 1. The van der Waals surface area contributed by atoms with Gasteiger partial charge >= 0.3 is 5.97 Å². The van der Waals surface area contributed by atoms with Crippen molar-refractivity contribution < 1.29 is 9.53 Å². The molecule has 3 nitrogen and oxygen atoms in total. The summed E-state index contributed by atoms with van der Waals surface area (Å²) < 4.78 is 4.67. The van der Waals surface area contributed by atoms with Crippen molar-refractivity contribution in [2.75, 3.05) is 7.11 Å². The van der Waals surface area contributed by atoms with Crippen LogP contribution in [0.25, 0.3) is 10.6 Å². The van der Waals surface area contributed by atoms with Crippen LogP contribution < -0.4 is 0 Å². The Hall–Kier alpha value is -1.68. The first-order valence-corrected chi connectivity index (χ1v) is 5.65. The van der Waals surface area contributed by atoms with Crippen LogP contribution in [0.3, 0.4) is 0 Å². The van der Waals surface area contributed by atoms with E-state index in [4.69, 9.17) is 0 Å². The number of rotatable bonds is 2. The van der Waals surface area contributed by atoms with Crippen molar-refractivity contribution in [3.63, 3.8) is 0 Å². The minimum Gasteiger partial charge on any atom is -0.464 e. The van der Waals surface area contributed by atoms with Crippen LogP contribution in [0.2, 0.25) is 0 Å². The molecule has 0 bridgehead atoms. The fourth-order valence-electron chi connectivity index (χ4n) is 1.39. The molecule has 16 heavy (non-hydrogen) atoms. The monoisotopic (exact) mass is 233 g/mol. The van der Waals surface area contributed by atoms with Crippen molar-refractivity contribution in [3.8, 4) is 10.6 Å². The number of aryl methyl sites for hydroxylation is 1. The number of aromatic nitrogens is 1. The summed E-state index contributed by atoms with van der Waals surface area (Å²) in [5.41, 5.74) is 1.43. The van der Waals surface area contributed by atoms with Gasteiger partial charge in [-0.1, -0.05) is 30.3 Å². The molecule has 0 saturated carbocycles. The Kier molecular flexibility index (Phi) is 3.01. The van der Waals surface area contributed by atoms with Gasteiger partial charge in [0.1, 0.15) is 5.01 Å². The molecule has 0 aliphatic rings. The summed E-state index contributed by atoms with van der Waals surface area (Å²) >= 11 is 1.50. The first kappa shape index (κ1) is 10.8. The molecule has 0 aliphatic carbocycles. The second-order valence-electron chi connectivity index (χ2n) is 3.28. The third kappa shape index (κ3) is 1.97. The summed E-state index contributed by atoms with van der Waals surface area (Å²) in [6.45, 7) is 1.87. The van der Waals surface area contributed by atoms with Gasteiger partial charge in [0.05, 0.1) is 7.11 Å². The summed E-state index contributed by atoms with van der Waals surface area (Å²) in [7, 11) is 1.36. The Morgan fingerprint density at radius 1 is 1.31 bits per heavy atom. The van der Waals surface area contributed by atoms with Crippen LogP contribution in [-0.4, -0.2) is 18.1 Å². The number of methoxy groups -OCH3 is 1. The van der Waals surface area contributed by atoms with Crippen LogP contribution in [0.1, 0.15) is 15.4 Å². The van der Waals surface area contributed by atoms with Crippen LogP contribution >= 0.6 is 11.3 Å². The highest BCUT2D eigenvalue weighted by atomic mass is 32.1. The Bertz CT molecular complexity index is 505. The Morgan fingerprint density at radius 2 is 2.00 bits per heavy atom. The topological polar surface area (TPSA) is 39.2 Å². The molecule has 1 aromatic heterocycles. The van der Waals surface area contributed by atoms with E-state index in [1.54, 1.807) is 0 Å².